The van der Waals surface area contributed by atoms with Crippen molar-refractivity contribution >= 4 is 5.97 Å². The summed E-state index contributed by atoms with van der Waals surface area (Å²) in [5.41, 5.74) is -0.236. The zero-order valence-electron chi connectivity index (χ0n) is 9.20. The van der Waals surface area contributed by atoms with E-state index in [-0.39, 0.29) is 18.1 Å². The van der Waals surface area contributed by atoms with Gasteiger partial charge in [-0.05, 0) is 20.8 Å². The Kier molecular flexibility index (Phi) is 6.81. The van der Waals surface area contributed by atoms with Crippen LogP contribution in [0, 0.1) is 11.3 Å². The average molecular weight is 213 g/mol. The molecule has 15 heavy (non-hydrogen) atoms. The highest BCUT2D eigenvalue weighted by molar-refractivity contribution is 5.92. The van der Waals surface area contributed by atoms with Crippen LogP contribution in [-0.2, 0) is 19.0 Å². The minimum absolute atomic E-state index is 0.0686. The van der Waals surface area contributed by atoms with Crippen LogP contribution in [-0.4, -0.2) is 25.8 Å². The van der Waals surface area contributed by atoms with Crippen molar-refractivity contribution in [1.82, 2.24) is 0 Å². The quantitative estimate of drug-likeness (QED) is 0.288. The van der Waals surface area contributed by atoms with Crippen molar-refractivity contribution < 1.29 is 19.0 Å². The maximum Gasteiger partial charge on any atom is 0.356 e. The smallest absolute Gasteiger partial charge is 0.356 e. The normalized spacial score (nSPS) is 8.67. The van der Waals surface area contributed by atoms with E-state index in [1.807, 2.05) is 0 Å². The summed E-state index contributed by atoms with van der Waals surface area (Å²) in [5.74, 6) is -0.794. The molecule has 0 radical (unpaired) electrons. The molecular formula is C10H15NO4. The van der Waals surface area contributed by atoms with Gasteiger partial charge in [-0.3, -0.25) is 0 Å². The number of hydrogen-bond acceptors (Lipinski definition) is 5. The molecule has 0 heterocycles. The van der Waals surface area contributed by atoms with Gasteiger partial charge in [0.15, 0.2) is 0 Å². The van der Waals surface area contributed by atoms with Crippen molar-refractivity contribution in [3.63, 3.8) is 0 Å². The van der Waals surface area contributed by atoms with Gasteiger partial charge in [0, 0.05) is 0 Å². The highest BCUT2D eigenvalue weighted by atomic mass is 16.7. The summed E-state index contributed by atoms with van der Waals surface area (Å²) in [4.78, 5) is 11.3. The van der Waals surface area contributed by atoms with Gasteiger partial charge in [0.2, 0.25) is 5.57 Å². The molecule has 0 aromatic carbocycles. The third-order valence-electron chi connectivity index (χ3n) is 1.35. The number of carbonyl (C=O) groups is 1. The van der Waals surface area contributed by atoms with E-state index in [1.165, 1.54) is 0 Å². The summed E-state index contributed by atoms with van der Waals surface area (Å²) < 4.78 is 14.8. The number of carbonyl (C=O) groups excluding carboxylic acids is 1. The van der Waals surface area contributed by atoms with Gasteiger partial charge in [0.25, 0.3) is 0 Å². The second-order valence-corrected chi connectivity index (χ2v) is 2.36. The Morgan fingerprint density at radius 1 is 1.07 bits per heavy atom. The zero-order chi connectivity index (χ0) is 11.7. The molecule has 0 atom stereocenters. The minimum Gasteiger partial charge on any atom is -0.465 e. The van der Waals surface area contributed by atoms with Crippen molar-refractivity contribution in [3.05, 3.63) is 11.5 Å². The van der Waals surface area contributed by atoms with Crippen LogP contribution < -0.4 is 0 Å². The van der Waals surface area contributed by atoms with Gasteiger partial charge in [-0.1, -0.05) is 0 Å². The van der Waals surface area contributed by atoms with Gasteiger partial charge in [0.05, 0.1) is 19.8 Å². The summed E-state index contributed by atoms with van der Waals surface area (Å²) in [6.07, 6.45) is 0. The molecule has 0 fully saturated rings. The fourth-order valence-electron chi connectivity index (χ4n) is 0.826. The topological polar surface area (TPSA) is 68.6 Å². The first-order chi connectivity index (χ1) is 7.21. The Hall–Kier alpha value is -1.70. The van der Waals surface area contributed by atoms with Crippen LogP contribution in [0.1, 0.15) is 20.8 Å². The molecule has 0 aromatic heterocycles. The van der Waals surface area contributed by atoms with Gasteiger partial charge < -0.3 is 14.2 Å². The number of nitriles is 1. The lowest BCUT2D eigenvalue weighted by Gasteiger charge is -2.10. The van der Waals surface area contributed by atoms with E-state index in [2.05, 4.69) is 4.74 Å². The van der Waals surface area contributed by atoms with Crippen LogP contribution in [0.2, 0.25) is 0 Å². The molecule has 0 aliphatic carbocycles. The molecule has 0 unspecified atom stereocenters. The van der Waals surface area contributed by atoms with Gasteiger partial charge in [0.1, 0.15) is 6.07 Å². The van der Waals surface area contributed by atoms with E-state index < -0.39 is 5.97 Å². The Balaban J connectivity index is 4.87. The van der Waals surface area contributed by atoms with E-state index in [4.69, 9.17) is 14.7 Å². The molecule has 0 N–H and O–H groups in total. The van der Waals surface area contributed by atoms with Crippen LogP contribution in [0.15, 0.2) is 11.5 Å². The van der Waals surface area contributed by atoms with Gasteiger partial charge in [-0.15, -0.1) is 0 Å². The lowest BCUT2D eigenvalue weighted by molar-refractivity contribution is -0.138. The van der Waals surface area contributed by atoms with Crippen LogP contribution >= 0.6 is 0 Å². The maximum absolute atomic E-state index is 11.3. The number of esters is 1. The summed E-state index contributed by atoms with van der Waals surface area (Å²) in [6, 6.07) is 1.71. The fourth-order valence-corrected chi connectivity index (χ4v) is 0.826. The summed E-state index contributed by atoms with van der Waals surface area (Å²) in [7, 11) is 0. The molecule has 0 aliphatic rings. The Labute approximate surface area is 89.2 Å². The van der Waals surface area contributed by atoms with Crippen molar-refractivity contribution in [3.8, 4) is 6.07 Å². The first kappa shape index (κ1) is 13.3. The number of ether oxygens (including phenoxy) is 3. The SMILES string of the molecule is CCOC(=O)C(C#N)=C(OCC)OCC. The molecule has 0 bridgehead atoms. The minimum atomic E-state index is -0.725. The Bertz CT molecular complexity index is 270. The van der Waals surface area contributed by atoms with Crippen LogP contribution in [0.25, 0.3) is 0 Å². The molecular weight excluding hydrogens is 198 g/mol. The third-order valence-corrected chi connectivity index (χ3v) is 1.35. The first-order valence-corrected chi connectivity index (χ1v) is 4.78. The standard InChI is InChI=1S/C10H15NO4/c1-4-13-9(12)8(7-11)10(14-5-2)15-6-3/h4-6H2,1-3H3. The van der Waals surface area contributed by atoms with E-state index in [9.17, 15) is 4.79 Å². The molecule has 0 amide bonds. The van der Waals surface area contributed by atoms with Crippen molar-refractivity contribution in [2.45, 2.75) is 20.8 Å². The van der Waals surface area contributed by atoms with Crippen molar-refractivity contribution in [2.24, 2.45) is 0 Å². The fraction of sp³-hybridized carbons (Fsp3) is 0.600. The molecule has 0 rings (SSSR count). The average Bonchev–Trinajstić information content (AvgIpc) is 2.20. The predicted octanol–water partition coefficient (Wildman–Crippen LogP) is 1.36. The van der Waals surface area contributed by atoms with Crippen LogP contribution in [0.5, 0.6) is 0 Å². The molecule has 0 saturated heterocycles. The number of hydrogen-bond donors (Lipinski definition) is 0. The van der Waals surface area contributed by atoms with E-state index in [0.29, 0.717) is 13.2 Å². The van der Waals surface area contributed by atoms with E-state index >= 15 is 0 Å². The molecule has 5 heteroatoms. The van der Waals surface area contributed by atoms with Crippen molar-refractivity contribution in [1.29, 1.82) is 5.26 Å². The van der Waals surface area contributed by atoms with Crippen molar-refractivity contribution in [2.75, 3.05) is 19.8 Å². The van der Waals surface area contributed by atoms with Crippen LogP contribution in [0.3, 0.4) is 0 Å². The third kappa shape index (κ3) is 4.36. The number of rotatable bonds is 6. The van der Waals surface area contributed by atoms with E-state index in [1.54, 1.807) is 26.8 Å². The number of nitrogens with zero attached hydrogens (tertiary/aromatic N) is 1. The Morgan fingerprint density at radius 2 is 1.53 bits per heavy atom. The maximum atomic E-state index is 11.3. The second kappa shape index (κ2) is 7.68. The highest BCUT2D eigenvalue weighted by Crippen LogP contribution is 2.09. The first-order valence-electron chi connectivity index (χ1n) is 4.78. The molecule has 0 spiro atoms. The predicted molar refractivity (Wildman–Crippen MR) is 52.5 cm³/mol. The molecule has 0 aromatic rings. The lowest BCUT2D eigenvalue weighted by atomic mass is 10.3. The highest BCUT2D eigenvalue weighted by Gasteiger charge is 2.19. The van der Waals surface area contributed by atoms with E-state index in [0.717, 1.165) is 0 Å². The van der Waals surface area contributed by atoms with Gasteiger partial charge in [-0.2, -0.15) is 5.26 Å². The molecule has 5 nitrogen and oxygen atoms in total. The summed E-state index contributed by atoms with van der Waals surface area (Å²) >= 11 is 0. The second-order valence-electron chi connectivity index (χ2n) is 2.36. The van der Waals surface area contributed by atoms with Gasteiger partial charge >= 0.3 is 11.9 Å². The van der Waals surface area contributed by atoms with Crippen LogP contribution in [0.4, 0.5) is 0 Å². The molecule has 0 aliphatic heterocycles. The monoisotopic (exact) mass is 213 g/mol. The summed E-state index contributed by atoms with van der Waals surface area (Å²) in [6.45, 7) is 5.97. The Morgan fingerprint density at radius 3 is 1.87 bits per heavy atom. The molecule has 84 valence electrons. The lowest BCUT2D eigenvalue weighted by Crippen LogP contribution is -2.12. The summed E-state index contributed by atoms with van der Waals surface area (Å²) in [5, 5.41) is 8.78. The van der Waals surface area contributed by atoms with Gasteiger partial charge in [-0.25, -0.2) is 4.79 Å². The molecule has 0 saturated carbocycles. The zero-order valence-corrected chi connectivity index (χ0v) is 9.20. The largest absolute Gasteiger partial charge is 0.465 e.